The lowest BCUT2D eigenvalue weighted by Crippen LogP contribution is -2.54. The highest BCUT2D eigenvalue weighted by Gasteiger charge is 2.74. The molecular formula is C22H14Cl4F3N3O4. The molecule has 2 aromatic carbocycles. The molecule has 4 atom stereocenters. The molecule has 0 aromatic heterocycles. The van der Waals surface area contributed by atoms with Gasteiger partial charge in [0.15, 0.2) is 5.82 Å². The molecule has 0 aliphatic carbocycles. The molecule has 36 heavy (non-hydrogen) atoms. The standard InChI is InChI=1S/C22H14Cl4F3N3O4/c23-7-1-9-17(11(26)3-7)31-20(36)22(9)15(19(34)35)14(13-5-21(28,29)6-32(13)22)18(33)30-12-4-8(24)2-10(25)16(12)27/h1-4,13-15H,5-6H2,(H,30,33)(H,31,36)(H,34,35). The van der Waals surface area contributed by atoms with Crippen LogP contribution in [-0.2, 0) is 19.9 Å². The summed E-state index contributed by atoms with van der Waals surface area (Å²) in [4.78, 5) is 40.6. The fourth-order valence-electron chi connectivity index (χ4n) is 5.66. The molecule has 3 N–H and O–H groups in total. The third kappa shape index (κ3) is 3.57. The van der Waals surface area contributed by atoms with Crippen LogP contribution in [0.2, 0.25) is 20.1 Å². The van der Waals surface area contributed by atoms with Gasteiger partial charge in [0.1, 0.15) is 11.5 Å². The highest BCUT2D eigenvalue weighted by Crippen LogP contribution is 2.61. The molecule has 3 aliphatic rings. The van der Waals surface area contributed by atoms with Gasteiger partial charge in [-0.15, -0.1) is 0 Å². The van der Waals surface area contributed by atoms with Gasteiger partial charge in [0.25, 0.3) is 11.8 Å². The third-order valence-corrected chi connectivity index (χ3v) is 7.87. The van der Waals surface area contributed by atoms with E-state index in [4.69, 9.17) is 46.4 Å². The Morgan fingerprint density at radius 2 is 1.72 bits per heavy atom. The van der Waals surface area contributed by atoms with Crippen molar-refractivity contribution in [1.82, 2.24) is 4.90 Å². The Kier molecular flexibility index (Phi) is 5.92. The predicted octanol–water partition coefficient (Wildman–Crippen LogP) is 5.27. The molecule has 0 bridgehead atoms. The number of alkyl halides is 2. The predicted molar refractivity (Wildman–Crippen MR) is 126 cm³/mol. The third-order valence-electron chi connectivity index (χ3n) is 6.86. The second-order valence-corrected chi connectivity index (χ2v) is 10.6. The van der Waals surface area contributed by atoms with Crippen LogP contribution < -0.4 is 10.6 Å². The first kappa shape index (κ1) is 25.4. The molecule has 7 nitrogen and oxygen atoms in total. The minimum Gasteiger partial charge on any atom is -0.481 e. The number of hydrogen-bond acceptors (Lipinski definition) is 4. The van der Waals surface area contributed by atoms with Crippen LogP contribution in [0.3, 0.4) is 0 Å². The van der Waals surface area contributed by atoms with E-state index in [0.717, 1.165) is 17.0 Å². The molecule has 4 unspecified atom stereocenters. The number of halogens is 7. The smallest absolute Gasteiger partial charge is 0.310 e. The first-order valence-electron chi connectivity index (χ1n) is 10.4. The van der Waals surface area contributed by atoms with Crippen molar-refractivity contribution in [2.45, 2.75) is 23.9 Å². The number of anilines is 2. The van der Waals surface area contributed by atoms with E-state index in [2.05, 4.69) is 10.6 Å². The SMILES string of the molecule is O=C(Nc1cc(Cl)cc(Cl)c1F)C1C2CC(F)(F)CN2C2(C(=O)Nc3c(Cl)cc(Cl)cc32)C1C(=O)O. The maximum Gasteiger partial charge on any atom is 0.310 e. The monoisotopic (exact) mass is 581 g/mol. The Bertz CT molecular complexity index is 1360. The van der Waals surface area contributed by atoms with E-state index in [0.29, 0.717) is 0 Å². The van der Waals surface area contributed by atoms with Gasteiger partial charge in [-0.1, -0.05) is 46.4 Å². The van der Waals surface area contributed by atoms with E-state index >= 15 is 0 Å². The number of amides is 2. The summed E-state index contributed by atoms with van der Waals surface area (Å²) in [6.45, 7) is -1.00. The number of carboxylic acids is 1. The number of benzene rings is 2. The number of nitrogens with one attached hydrogen (secondary N) is 2. The molecule has 190 valence electrons. The zero-order chi connectivity index (χ0) is 26.3. The largest absolute Gasteiger partial charge is 0.481 e. The number of carbonyl (C=O) groups is 3. The van der Waals surface area contributed by atoms with Crippen molar-refractivity contribution < 1.29 is 32.7 Å². The van der Waals surface area contributed by atoms with Gasteiger partial charge in [-0.25, -0.2) is 13.2 Å². The first-order chi connectivity index (χ1) is 16.8. The average Bonchev–Trinajstić information content (AvgIpc) is 3.32. The molecule has 1 spiro atoms. The summed E-state index contributed by atoms with van der Waals surface area (Å²) >= 11 is 24.0. The Balaban J connectivity index is 1.69. The maximum atomic E-state index is 14.7. The number of carbonyl (C=O) groups excluding carboxylic acids is 2. The number of carboxylic acid groups (broad SMARTS) is 1. The fourth-order valence-corrected chi connectivity index (χ4v) is 6.70. The van der Waals surface area contributed by atoms with Gasteiger partial charge < -0.3 is 15.7 Å². The zero-order valence-corrected chi connectivity index (χ0v) is 20.7. The molecule has 0 saturated carbocycles. The molecule has 5 rings (SSSR count). The minimum absolute atomic E-state index is 0.0139. The second kappa shape index (κ2) is 8.39. The summed E-state index contributed by atoms with van der Waals surface area (Å²) < 4.78 is 44.0. The van der Waals surface area contributed by atoms with Crippen molar-refractivity contribution >= 4 is 75.6 Å². The van der Waals surface area contributed by atoms with Crippen molar-refractivity contribution in [2.24, 2.45) is 11.8 Å². The van der Waals surface area contributed by atoms with Crippen molar-refractivity contribution in [3.05, 3.63) is 55.7 Å². The van der Waals surface area contributed by atoms with Crippen LogP contribution in [-0.4, -0.2) is 46.3 Å². The summed E-state index contributed by atoms with van der Waals surface area (Å²) in [5, 5.41) is 14.5. The van der Waals surface area contributed by atoms with Gasteiger partial charge in [0.2, 0.25) is 5.91 Å². The maximum absolute atomic E-state index is 14.7. The Morgan fingerprint density at radius 1 is 1.08 bits per heavy atom. The van der Waals surface area contributed by atoms with Crippen molar-refractivity contribution in [2.75, 3.05) is 17.2 Å². The lowest BCUT2D eigenvalue weighted by atomic mass is 9.73. The van der Waals surface area contributed by atoms with Crippen LogP contribution in [0, 0.1) is 17.7 Å². The molecule has 2 fully saturated rings. The lowest BCUT2D eigenvalue weighted by Gasteiger charge is -2.35. The Labute approximate surface area is 221 Å². The molecule has 0 radical (unpaired) electrons. The number of rotatable bonds is 3. The first-order valence-corrected chi connectivity index (χ1v) is 11.9. The van der Waals surface area contributed by atoms with Crippen LogP contribution >= 0.6 is 46.4 Å². The quantitative estimate of drug-likeness (QED) is 0.429. The Morgan fingerprint density at radius 3 is 2.39 bits per heavy atom. The van der Waals surface area contributed by atoms with Gasteiger partial charge in [-0.2, -0.15) is 0 Å². The molecule has 3 aliphatic heterocycles. The van der Waals surface area contributed by atoms with E-state index in [1.165, 1.54) is 12.1 Å². The molecule has 2 amide bonds. The fraction of sp³-hybridized carbons (Fsp3) is 0.318. The van der Waals surface area contributed by atoms with Crippen LogP contribution in [0.25, 0.3) is 0 Å². The molecule has 2 aromatic rings. The highest BCUT2D eigenvalue weighted by atomic mass is 35.5. The number of aliphatic carboxylic acids is 1. The van der Waals surface area contributed by atoms with Crippen LogP contribution in [0.15, 0.2) is 24.3 Å². The number of fused-ring (bicyclic) bond motifs is 4. The summed E-state index contributed by atoms with van der Waals surface area (Å²) in [6, 6.07) is 3.30. The normalized spacial score (nSPS) is 28.2. The highest BCUT2D eigenvalue weighted by molar-refractivity contribution is 6.38. The van der Waals surface area contributed by atoms with Crippen molar-refractivity contribution in [3.8, 4) is 0 Å². The summed E-state index contributed by atoms with van der Waals surface area (Å²) in [5.74, 6) is -11.6. The van der Waals surface area contributed by atoms with Crippen molar-refractivity contribution in [1.29, 1.82) is 0 Å². The van der Waals surface area contributed by atoms with E-state index in [1.54, 1.807) is 0 Å². The Hall–Kier alpha value is -2.24. The van der Waals surface area contributed by atoms with E-state index < -0.39 is 76.6 Å². The minimum atomic E-state index is -3.35. The van der Waals surface area contributed by atoms with Crippen LogP contribution in [0.5, 0.6) is 0 Å². The van der Waals surface area contributed by atoms with Crippen LogP contribution in [0.1, 0.15) is 12.0 Å². The van der Waals surface area contributed by atoms with E-state index in [-0.39, 0.29) is 26.3 Å². The van der Waals surface area contributed by atoms with Gasteiger partial charge in [0, 0.05) is 28.1 Å². The summed E-state index contributed by atoms with van der Waals surface area (Å²) in [6.07, 6.45) is -0.910. The van der Waals surface area contributed by atoms with Gasteiger partial charge in [-0.05, 0) is 24.3 Å². The topological polar surface area (TPSA) is 98.7 Å². The summed E-state index contributed by atoms with van der Waals surface area (Å²) in [7, 11) is 0. The lowest BCUT2D eigenvalue weighted by molar-refractivity contribution is -0.153. The number of hydrogen-bond donors (Lipinski definition) is 3. The molecule has 14 heteroatoms. The molecule has 2 saturated heterocycles. The number of nitrogens with zero attached hydrogens (tertiary/aromatic N) is 1. The molecule has 3 heterocycles. The van der Waals surface area contributed by atoms with Gasteiger partial charge >= 0.3 is 5.97 Å². The average molecular weight is 583 g/mol. The zero-order valence-electron chi connectivity index (χ0n) is 17.7. The summed E-state index contributed by atoms with van der Waals surface area (Å²) in [5.41, 5.74) is -2.72. The van der Waals surface area contributed by atoms with E-state index in [1.807, 2.05) is 0 Å². The second-order valence-electron chi connectivity index (χ2n) is 8.87. The molecular weight excluding hydrogens is 569 g/mol. The van der Waals surface area contributed by atoms with Crippen LogP contribution in [0.4, 0.5) is 24.5 Å². The van der Waals surface area contributed by atoms with E-state index in [9.17, 15) is 32.7 Å². The van der Waals surface area contributed by atoms with Gasteiger partial charge in [0.05, 0.1) is 33.9 Å². The van der Waals surface area contributed by atoms with Gasteiger partial charge in [-0.3, -0.25) is 19.3 Å². The van der Waals surface area contributed by atoms with Crippen molar-refractivity contribution in [3.63, 3.8) is 0 Å².